The van der Waals surface area contributed by atoms with Crippen molar-refractivity contribution in [1.82, 2.24) is 9.88 Å². The van der Waals surface area contributed by atoms with E-state index in [-0.39, 0.29) is 28.9 Å². The summed E-state index contributed by atoms with van der Waals surface area (Å²) in [6.45, 7) is 7.68. The molecule has 10 nitrogen and oxygen atoms in total. The number of pyridine rings is 1. The van der Waals surface area contributed by atoms with Crippen molar-refractivity contribution >= 4 is 28.9 Å². The molecule has 2 heterocycles. The summed E-state index contributed by atoms with van der Waals surface area (Å²) in [4.78, 5) is 57.0. The first-order valence-corrected chi connectivity index (χ1v) is 13.0. The minimum absolute atomic E-state index is 0.0121. The van der Waals surface area contributed by atoms with E-state index in [0.717, 1.165) is 5.56 Å². The number of carbonyl (C=O) groups is 2. The average Bonchev–Trinajstić information content (AvgIpc) is 3.42. The molecular weight excluding hydrogens is 500 g/mol. The Balaban J connectivity index is 1.60. The predicted molar refractivity (Wildman–Crippen MR) is 148 cm³/mol. The minimum Gasteiger partial charge on any atom is -0.492 e. The Hall–Kier alpha value is -4.21. The van der Waals surface area contributed by atoms with Crippen LogP contribution in [-0.2, 0) is 9.53 Å². The number of amides is 1. The van der Waals surface area contributed by atoms with Crippen molar-refractivity contribution in [2.75, 3.05) is 24.3 Å². The Labute approximate surface area is 227 Å². The maximum absolute atomic E-state index is 13.6. The SMILES string of the molecule is CCC(Nc1c(Nc2ccnc(C(=O)N3CCCC3C(=O)OC(C)(C)C)c2OC)c(=O)c1=O)c1ccccc1. The fraction of sp³-hybridized carbons (Fsp3) is 0.414. The highest BCUT2D eigenvalue weighted by molar-refractivity contribution is 5.99. The summed E-state index contributed by atoms with van der Waals surface area (Å²) in [6, 6.07) is 10.3. The number of hydrogen-bond donors (Lipinski definition) is 2. The minimum atomic E-state index is -0.729. The van der Waals surface area contributed by atoms with Gasteiger partial charge in [0.2, 0.25) is 0 Å². The topological polar surface area (TPSA) is 127 Å². The second kappa shape index (κ2) is 11.3. The van der Waals surface area contributed by atoms with Crippen molar-refractivity contribution in [3.8, 4) is 5.75 Å². The third-order valence-electron chi connectivity index (χ3n) is 6.60. The van der Waals surface area contributed by atoms with E-state index in [2.05, 4.69) is 15.6 Å². The summed E-state index contributed by atoms with van der Waals surface area (Å²) in [7, 11) is 1.39. The second-order valence-electron chi connectivity index (χ2n) is 10.5. The van der Waals surface area contributed by atoms with Gasteiger partial charge in [-0.1, -0.05) is 37.3 Å². The fourth-order valence-corrected chi connectivity index (χ4v) is 4.73. The van der Waals surface area contributed by atoms with Gasteiger partial charge in [0.25, 0.3) is 16.8 Å². The molecule has 1 saturated heterocycles. The summed E-state index contributed by atoms with van der Waals surface area (Å²) >= 11 is 0. The number of nitrogens with zero attached hydrogens (tertiary/aromatic N) is 2. The van der Waals surface area contributed by atoms with Gasteiger partial charge in [0.15, 0.2) is 11.4 Å². The van der Waals surface area contributed by atoms with E-state index in [4.69, 9.17) is 9.47 Å². The number of rotatable bonds is 9. The summed E-state index contributed by atoms with van der Waals surface area (Å²) < 4.78 is 11.1. The number of ether oxygens (including phenoxy) is 2. The molecule has 0 saturated carbocycles. The molecule has 2 aromatic carbocycles. The van der Waals surface area contributed by atoms with Crippen molar-refractivity contribution in [3.63, 3.8) is 0 Å². The predicted octanol–water partition coefficient (Wildman–Crippen LogP) is 3.94. The van der Waals surface area contributed by atoms with Crippen LogP contribution in [0.15, 0.2) is 52.2 Å². The molecule has 1 amide bonds. The maximum atomic E-state index is 13.6. The lowest BCUT2D eigenvalue weighted by Gasteiger charge is -2.27. The van der Waals surface area contributed by atoms with Crippen LogP contribution in [-0.4, -0.2) is 47.1 Å². The molecule has 1 aliphatic heterocycles. The van der Waals surface area contributed by atoms with Gasteiger partial charge in [-0.2, -0.15) is 0 Å². The first-order chi connectivity index (χ1) is 18.6. The smallest absolute Gasteiger partial charge is 0.329 e. The van der Waals surface area contributed by atoms with Crippen LogP contribution in [0.25, 0.3) is 0 Å². The number of carbonyl (C=O) groups excluding carboxylic acids is 2. The molecule has 206 valence electrons. The molecule has 0 bridgehead atoms. The van der Waals surface area contributed by atoms with Gasteiger partial charge >= 0.3 is 5.97 Å². The van der Waals surface area contributed by atoms with E-state index in [9.17, 15) is 19.2 Å². The van der Waals surface area contributed by atoms with Gasteiger partial charge in [-0.25, -0.2) is 9.78 Å². The molecule has 2 N–H and O–H groups in total. The molecule has 0 radical (unpaired) electrons. The van der Waals surface area contributed by atoms with Crippen molar-refractivity contribution < 1.29 is 19.1 Å². The van der Waals surface area contributed by atoms with E-state index < -0.39 is 34.4 Å². The van der Waals surface area contributed by atoms with Crippen LogP contribution in [0.4, 0.5) is 17.1 Å². The molecule has 1 aromatic heterocycles. The van der Waals surface area contributed by atoms with E-state index in [1.165, 1.54) is 18.2 Å². The van der Waals surface area contributed by atoms with Crippen molar-refractivity contribution in [2.24, 2.45) is 0 Å². The normalized spacial score (nSPS) is 16.1. The summed E-state index contributed by atoms with van der Waals surface area (Å²) in [6.07, 6.45) is 3.23. The highest BCUT2D eigenvalue weighted by Crippen LogP contribution is 2.34. The van der Waals surface area contributed by atoms with Crippen LogP contribution >= 0.6 is 0 Å². The molecule has 10 heteroatoms. The molecule has 0 aliphatic carbocycles. The zero-order valence-electron chi connectivity index (χ0n) is 22.9. The van der Waals surface area contributed by atoms with Gasteiger partial charge in [0.05, 0.1) is 18.8 Å². The number of esters is 1. The second-order valence-corrected chi connectivity index (χ2v) is 10.5. The van der Waals surface area contributed by atoms with Crippen LogP contribution in [0.5, 0.6) is 5.75 Å². The van der Waals surface area contributed by atoms with E-state index >= 15 is 0 Å². The van der Waals surface area contributed by atoms with Crippen molar-refractivity contribution in [1.29, 1.82) is 0 Å². The van der Waals surface area contributed by atoms with Crippen molar-refractivity contribution in [2.45, 2.75) is 64.6 Å². The number of likely N-dealkylation sites (tertiary alicyclic amines) is 1. The number of aromatic nitrogens is 1. The molecule has 4 rings (SSSR count). The third-order valence-corrected chi connectivity index (χ3v) is 6.60. The van der Waals surface area contributed by atoms with E-state index in [0.29, 0.717) is 31.5 Å². The Kier molecular flexibility index (Phi) is 8.03. The molecular formula is C29H34N4O6. The standard InChI is InChI=1S/C29H34N4O6/c1-6-18(17-11-8-7-9-12-17)31-21-22(25(35)24(21)34)32-19-14-15-30-23(26(19)38-5)27(36)33-16-10-13-20(33)28(37)39-29(2,3)4/h7-9,11-12,14-15,18,20,31H,6,10,13,16H2,1-5H3,(H,30,32). The van der Waals surface area contributed by atoms with Gasteiger partial charge in [0, 0.05) is 12.7 Å². The molecule has 1 fully saturated rings. The van der Waals surface area contributed by atoms with E-state index in [1.54, 1.807) is 26.8 Å². The average molecular weight is 535 g/mol. The molecule has 0 spiro atoms. The number of methoxy groups -OCH3 is 1. The third kappa shape index (κ3) is 5.79. The Bertz CT molecular complexity index is 1420. The van der Waals surface area contributed by atoms with Gasteiger partial charge in [-0.05, 0) is 51.7 Å². The van der Waals surface area contributed by atoms with Crippen LogP contribution in [0.3, 0.4) is 0 Å². The highest BCUT2D eigenvalue weighted by Gasteiger charge is 2.39. The van der Waals surface area contributed by atoms with Gasteiger partial charge in [-0.15, -0.1) is 0 Å². The number of nitrogens with one attached hydrogen (secondary N) is 2. The molecule has 2 atom stereocenters. The first kappa shape index (κ1) is 27.8. The number of benzene rings is 1. The summed E-state index contributed by atoms with van der Waals surface area (Å²) in [5.74, 6) is -0.848. The van der Waals surface area contributed by atoms with Gasteiger partial charge in [-0.3, -0.25) is 14.4 Å². The zero-order valence-corrected chi connectivity index (χ0v) is 22.9. The Morgan fingerprint density at radius 3 is 2.44 bits per heavy atom. The van der Waals surface area contributed by atoms with E-state index in [1.807, 2.05) is 37.3 Å². The summed E-state index contributed by atoms with van der Waals surface area (Å²) in [5.41, 5.74) is -0.438. The molecule has 1 aliphatic rings. The number of hydrogen-bond acceptors (Lipinski definition) is 9. The largest absolute Gasteiger partial charge is 0.492 e. The van der Waals surface area contributed by atoms with Gasteiger partial charge < -0.3 is 25.0 Å². The molecule has 2 unspecified atom stereocenters. The van der Waals surface area contributed by atoms with Crippen LogP contribution in [0, 0.1) is 0 Å². The number of anilines is 3. The van der Waals surface area contributed by atoms with Crippen LogP contribution in [0.1, 0.15) is 69.1 Å². The van der Waals surface area contributed by atoms with Crippen molar-refractivity contribution in [3.05, 3.63) is 74.3 Å². The fourth-order valence-electron chi connectivity index (χ4n) is 4.73. The molecule has 39 heavy (non-hydrogen) atoms. The molecule has 3 aromatic rings. The first-order valence-electron chi connectivity index (χ1n) is 13.0. The van der Waals surface area contributed by atoms with Gasteiger partial charge in [0.1, 0.15) is 23.0 Å². The van der Waals surface area contributed by atoms with Crippen LogP contribution in [0.2, 0.25) is 0 Å². The quantitative estimate of drug-likeness (QED) is 0.310. The zero-order chi connectivity index (χ0) is 28.3. The Morgan fingerprint density at radius 2 is 1.79 bits per heavy atom. The maximum Gasteiger partial charge on any atom is 0.329 e. The lowest BCUT2D eigenvalue weighted by atomic mass is 10.0. The Morgan fingerprint density at radius 1 is 1.10 bits per heavy atom. The highest BCUT2D eigenvalue weighted by atomic mass is 16.6. The van der Waals surface area contributed by atoms with Crippen LogP contribution < -0.4 is 26.2 Å². The monoisotopic (exact) mass is 534 g/mol. The lowest BCUT2D eigenvalue weighted by Crippen LogP contribution is -2.44. The summed E-state index contributed by atoms with van der Waals surface area (Å²) in [5, 5.41) is 6.17. The lowest BCUT2D eigenvalue weighted by molar-refractivity contribution is -0.159.